The Labute approximate surface area is 431 Å². The predicted octanol–water partition coefficient (Wildman–Crippen LogP) is 15.6. The first-order chi connectivity index (χ1) is 39.5. The summed E-state index contributed by atoms with van der Waals surface area (Å²) in [5.74, 6) is 2.09. The molecule has 0 N–H and O–H groups in total. The van der Waals surface area contributed by atoms with Gasteiger partial charge in [-0.3, -0.25) is 9.13 Å². The van der Waals surface area contributed by atoms with Crippen LogP contribution in [0.4, 0.5) is 0 Å². The number of aromatic nitrogens is 6. The van der Waals surface area contributed by atoms with Crippen LogP contribution >= 0.6 is 0 Å². The highest BCUT2D eigenvalue weighted by atomic mass is 16.5. The van der Waals surface area contributed by atoms with E-state index >= 15 is 0 Å². The van der Waals surface area contributed by atoms with E-state index in [2.05, 4.69) is 121 Å². The van der Waals surface area contributed by atoms with E-state index in [4.69, 9.17) is 28.5 Å². The van der Waals surface area contributed by atoms with Crippen LogP contribution in [0, 0.1) is 6.33 Å². The van der Waals surface area contributed by atoms with Crippen LogP contribution in [-0.2, 0) is 5.41 Å². The van der Waals surface area contributed by atoms with E-state index < -0.39 is 60.4 Å². The molecule has 9 aromatic carbocycles. The Balaban J connectivity index is 1.04. The maximum Gasteiger partial charge on any atom is 0.273 e. The van der Waals surface area contributed by atoms with Crippen LogP contribution in [0.3, 0.4) is 0 Å². The number of rotatable bonds is 9. The maximum atomic E-state index is 9.11. The average Bonchev–Trinajstić information content (AvgIpc) is 3.03. The first-order valence-corrected chi connectivity index (χ1v) is 23.6. The molecule has 4 aromatic heterocycles. The van der Waals surface area contributed by atoms with Crippen molar-refractivity contribution in [3.63, 3.8) is 0 Å². The molecule has 0 spiro atoms. The Kier molecular flexibility index (Phi) is 7.97. The maximum absolute atomic E-state index is 9.11. The van der Waals surface area contributed by atoms with Crippen molar-refractivity contribution in [1.82, 2.24) is 23.8 Å². The van der Waals surface area contributed by atoms with Crippen LogP contribution in [0.15, 0.2) is 236 Å². The van der Waals surface area contributed by atoms with Crippen molar-refractivity contribution in [2.45, 2.75) is 26.2 Å². The number of hydrogen-bond acceptors (Lipinski definition) is 3. The van der Waals surface area contributed by atoms with Gasteiger partial charge < -0.3 is 9.30 Å². The summed E-state index contributed by atoms with van der Waals surface area (Å²) in [6, 6.07) is 49.4. The van der Waals surface area contributed by atoms with Gasteiger partial charge in [-0.15, -0.1) is 5.10 Å². The van der Waals surface area contributed by atoms with Gasteiger partial charge in [0.2, 0.25) is 0 Å². The van der Waals surface area contributed by atoms with Crippen molar-refractivity contribution in [3.05, 3.63) is 248 Å². The highest BCUT2D eigenvalue weighted by Crippen LogP contribution is 2.43. The molecule has 13 aromatic rings. The zero-order valence-corrected chi connectivity index (χ0v) is 39.3. The molecule has 7 heteroatoms. The highest BCUT2D eigenvalue weighted by molar-refractivity contribution is 6.16. The summed E-state index contributed by atoms with van der Waals surface area (Å²) in [5, 5.41) is 9.37. The Morgan fingerprint density at radius 3 is 1.78 bits per heavy atom. The molecule has 0 radical (unpaired) electrons. The quantitative estimate of drug-likeness (QED) is 0.107. The molecule has 4 heterocycles. The smallest absolute Gasteiger partial charge is 0.273 e. The van der Waals surface area contributed by atoms with Gasteiger partial charge in [0.05, 0.1) is 52.8 Å². The lowest BCUT2D eigenvalue weighted by molar-refractivity contribution is -0.659. The van der Waals surface area contributed by atoms with E-state index in [1.54, 1.807) is 22.8 Å². The molecule has 0 unspecified atom stereocenters. The summed E-state index contributed by atoms with van der Waals surface area (Å²) in [6.45, 7) is 6.56. The monoisotopic (exact) mass is 938 g/mol. The summed E-state index contributed by atoms with van der Waals surface area (Å²) < 4.78 is 103. The third-order valence-corrected chi connectivity index (χ3v) is 13.1. The van der Waals surface area contributed by atoms with Crippen LogP contribution < -0.4 is 9.42 Å². The Bertz CT molecular complexity index is 4590. The molecule has 0 saturated carbocycles. The molecule has 0 aliphatic heterocycles. The van der Waals surface area contributed by atoms with Crippen molar-refractivity contribution in [1.29, 1.82) is 0 Å². The number of para-hydroxylation sites is 4. The molecule has 0 saturated heterocycles. The lowest BCUT2D eigenvalue weighted by atomic mass is 9.88. The summed E-state index contributed by atoms with van der Waals surface area (Å²) in [7, 11) is 0. The first-order valence-electron chi connectivity index (χ1n) is 28.6. The molecule has 0 fully saturated rings. The number of hydrogen-bond donors (Lipinski definition) is 0. The second-order valence-electron chi connectivity index (χ2n) is 18.5. The minimum atomic E-state index is -0.591. The number of nitrogens with zero attached hydrogens (tertiary/aromatic N) is 6. The molecule has 0 atom stereocenters. The molecule has 0 aliphatic rings. The number of benzene rings is 9. The minimum Gasteiger partial charge on any atom is -0.458 e. The van der Waals surface area contributed by atoms with E-state index in [0.717, 1.165) is 60.7 Å². The molecule has 0 aliphatic carbocycles. The van der Waals surface area contributed by atoms with Crippen LogP contribution in [0.2, 0.25) is 0 Å². The normalized spacial score (nSPS) is 13.8. The number of ether oxygens (including phenoxy) is 1. The third kappa shape index (κ3) is 7.33. The van der Waals surface area contributed by atoms with Gasteiger partial charge in [-0.25, -0.2) is 4.98 Å². The van der Waals surface area contributed by atoms with Crippen molar-refractivity contribution in [3.8, 4) is 68.0 Å². The minimum absolute atomic E-state index is 0.0479. The molecule has 0 bridgehead atoms. The second kappa shape index (κ2) is 17.3. The molecule has 72 heavy (non-hydrogen) atoms. The van der Waals surface area contributed by atoms with Crippen molar-refractivity contribution >= 4 is 43.6 Å². The molecule has 344 valence electrons. The molecular formula is C65H48N6O. The van der Waals surface area contributed by atoms with Crippen LogP contribution in [0.5, 0.6) is 11.5 Å². The standard InChI is InChI=1S/C65H48N6O/c1-65(2,3)47-37-38-66-61(39-47)71-58-36-18-15-31-55(58)62-59(70-56-34-16-13-29-53(56)54-30-14-17-35-57(54)70)41-50(42-60(62)71)72-49-28-19-27-48(40-49)68-43-69(67-64(68)46-25-11-6-12-26-46)63-51(44-21-7-4-8-22-44)32-20-33-52(63)45-23-9-5-10-24-45/h4-42H,1-3H3/i4D,5D,7D,8D,9D,10D,21D,22D,23D,24D. The Morgan fingerprint density at radius 1 is 0.528 bits per heavy atom. The van der Waals surface area contributed by atoms with E-state index in [9.17, 15) is 0 Å². The van der Waals surface area contributed by atoms with Crippen molar-refractivity contribution in [2.24, 2.45) is 0 Å². The topological polar surface area (TPSA) is 53.7 Å². The highest BCUT2D eigenvalue weighted by Gasteiger charge is 2.25. The SMILES string of the molecule is [2H]c1c([2H])c([2H])c(-c2cccc(-c3c([2H])c([2H])c([2H])c([2H])c3[2H])c2-[n+]2[c-]n(-c3cccc(Oc4cc(-n5c6ccccc6c6ccccc65)c5c6ccccc6n(-c6cc(C(C)(C)C)ccn6)c5c4)c3)c(-c3ccccc3)n2)c([2H])c1[2H]. The number of fused-ring (bicyclic) bond motifs is 6. The van der Waals surface area contributed by atoms with E-state index in [-0.39, 0.29) is 33.4 Å². The van der Waals surface area contributed by atoms with Gasteiger partial charge in [0.15, 0.2) is 5.82 Å². The van der Waals surface area contributed by atoms with Crippen LogP contribution in [0.1, 0.15) is 40.0 Å². The van der Waals surface area contributed by atoms with Gasteiger partial charge in [-0.2, -0.15) is 4.68 Å². The fraction of sp³-hybridized carbons (Fsp3) is 0.0615. The first kappa shape index (κ1) is 33.2. The van der Waals surface area contributed by atoms with Gasteiger partial charge in [0.1, 0.15) is 17.3 Å². The van der Waals surface area contributed by atoms with E-state index in [1.165, 1.54) is 4.68 Å². The summed E-state index contributed by atoms with van der Waals surface area (Å²) in [5.41, 5.74) is 6.77. The van der Waals surface area contributed by atoms with Crippen LogP contribution in [0.25, 0.3) is 100 Å². The Morgan fingerprint density at radius 2 is 1.12 bits per heavy atom. The van der Waals surface area contributed by atoms with Crippen molar-refractivity contribution < 1.29 is 23.1 Å². The lowest BCUT2D eigenvalue weighted by Crippen LogP contribution is -2.34. The summed E-state index contributed by atoms with van der Waals surface area (Å²) in [4.78, 5) is 5.00. The van der Waals surface area contributed by atoms with E-state index in [0.29, 0.717) is 28.6 Å². The molecule has 13 rings (SSSR count). The lowest BCUT2D eigenvalue weighted by Gasteiger charge is -2.20. The molecule has 7 nitrogen and oxygen atoms in total. The molecular weight excluding hydrogens is 881 g/mol. The zero-order chi connectivity index (χ0) is 57.0. The van der Waals surface area contributed by atoms with Gasteiger partial charge in [-0.1, -0.05) is 196 Å². The summed E-state index contributed by atoms with van der Waals surface area (Å²) >= 11 is 0. The fourth-order valence-corrected chi connectivity index (χ4v) is 9.84. The third-order valence-electron chi connectivity index (χ3n) is 13.1. The van der Waals surface area contributed by atoms with E-state index in [1.807, 2.05) is 72.9 Å². The molecule has 0 amide bonds. The van der Waals surface area contributed by atoms with Crippen LogP contribution in [-0.4, -0.2) is 23.8 Å². The Hall–Kier alpha value is -9.33. The summed E-state index contributed by atoms with van der Waals surface area (Å²) in [6.07, 6.45) is 5.23. The second-order valence-corrected chi connectivity index (χ2v) is 18.5. The number of pyridine rings is 1. The van der Waals surface area contributed by atoms with Gasteiger partial charge in [0, 0.05) is 45.4 Å². The van der Waals surface area contributed by atoms with Gasteiger partial charge in [0.25, 0.3) is 6.33 Å². The fourth-order valence-electron chi connectivity index (χ4n) is 9.84. The zero-order valence-electron chi connectivity index (χ0n) is 49.3. The van der Waals surface area contributed by atoms with Gasteiger partial charge >= 0.3 is 0 Å². The largest absolute Gasteiger partial charge is 0.458 e. The van der Waals surface area contributed by atoms with Crippen molar-refractivity contribution in [2.75, 3.05) is 0 Å². The van der Waals surface area contributed by atoms with Gasteiger partial charge in [-0.05, 0) is 75.7 Å². The predicted molar refractivity (Wildman–Crippen MR) is 292 cm³/mol. The average molecular weight is 939 g/mol.